The maximum absolute atomic E-state index is 14.0. The third kappa shape index (κ3) is 3.24. The van der Waals surface area contributed by atoms with Crippen LogP contribution in [0.2, 0.25) is 0 Å². The highest BCUT2D eigenvalue weighted by Gasteiger charge is 2.36. The van der Waals surface area contributed by atoms with Crippen LogP contribution >= 0.6 is 0 Å². The molecule has 1 saturated heterocycles. The highest BCUT2D eigenvalue weighted by Crippen LogP contribution is 2.25. The summed E-state index contributed by atoms with van der Waals surface area (Å²) >= 11 is 0. The van der Waals surface area contributed by atoms with Gasteiger partial charge in [-0.15, -0.1) is 0 Å². The molecule has 4 nitrogen and oxygen atoms in total. The average Bonchev–Trinajstić information content (AvgIpc) is 2.58. The molecule has 1 aliphatic rings. The Balaban J connectivity index is 1.81. The van der Waals surface area contributed by atoms with Gasteiger partial charge in [0.1, 0.15) is 17.7 Å². The summed E-state index contributed by atoms with van der Waals surface area (Å²) < 4.78 is 27.1. The van der Waals surface area contributed by atoms with Crippen molar-refractivity contribution in [1.29, 1.82) is 0 Å². The van der Waals surface area contributed by atoms with Crippen LogP contribution in [0, 0.1) is 18.6 Å². The van der Waals surface area contributed by atoms with E-state index in [-0.39, 0.29) is 24.7 Å². The van der Waals surface area contributed by atoms with E-state index in [2.05, 4.69) is 0 Å². The molecule has 0 saturated carbocycles. The molecule has 1 unspecified atom stereocenters. The van der Waals surface area contributed by atoms with Gasteiger partial charge in [-0.3, -0.25) is 9.59 Å². The first-order chi connectivity index (χ1) is 11.9. The van der Waals surface area contributed by atoms with Gasteiger partial charge in [-0.2, -0.15) is 0 Å². The molecule has 0 spiro atoms. The second kappa shape index (κ2) is 6.63. The first-order valence-electron chi connectivity index (χ1n) is 8.02. The minimum absolute atomic E-state index is 0.0284. The van der Waals surface area contributed by atoms with Crippen molar-refractivity contribution in [2.24, 2.45) is 0 Å². The molecule has 2 aromatic carbocycles. The van der Waals surface area contributed by atoms with Gasteiger partial charge < -0.3 is 9.80 Å². The molecule has 6 heteroatoms. The summed E-state index contributed by atoms with van der Waals surface area (Å²) in [5.41, 5.74) is 1.57. The monoisotopic (exact) mass is 344 g/mol. The van der Waals surface area contributed by atoms with E-state index in [0.717, 1.165) is 17.7 Å². The molecular formula is C19H18F2N2O2. The number of hydrogen-bond donors (Lipinski definition) is 0. The molecule has 0 radical (unpaired) electrons. The Kier molecular flexibility index (Phi) is 4.53. The molecule has 0 aromatic heterocycles. The molecule has 0 N–H and O–H groups in total. The summed E-state index contributed by atoms with van der Waals surface area (Å²) in [6.45, 7) is 3.97. The lowest BCUT2D eigenvalue weighted by Crippen LogP contribution is -2.58. The van der Waals surface area contributed by atoms with Crippen LogP contribution in [0.15, 0.2) is 42.5 Å². The Labute approximate surface area is 144 Å². The Morgan fingerprint density at radius 3 is 2.40 bits per heavy atom. The number of anilines is 1. The van der Waals surface area contributed by atoms with Crippen LogP contribution in [0.3, 0.4) is 0 Å². The fraction of sp³-hybridized carbons (Fsp3) is 0.263. The number of halogens is 2. The smallest absolute Gasteiger partial charge is 0.254 e. The lowest BCUT2D eigenvalue weighted by Gasteiger charge is -2.39. The zero-order valence-electron chi connectivity index (χ0n) is 14.0. The van der Waals surface area contributed by atoms with E-state index >= 15 is 0 Å². The first kappa shape index (κ1) is 17.1. The molecule has 130 valence electrons. The molecule has 25 heavy (non-hydrogen) atoms. The van der Waals surface area contributed by atoms with Gasteiger partial charge in [-0.05, 0) is 38.1 Å². The van der Waals surface area contributed by atoms with Crippen LogP contribution in [-0.2, 0) is 4.79 Å². The number of carbonyl (C=O) groups excluding carboxylic acids is 2. The second-order valence-electron chi connectivity index (χ2n) is 6.13. The number of nitrogens with zero attached hydrogens (tertiary/aromatic N) is 2. The number of carbonyl (C=O) groups is 2. The van der Waals surface area contributed by atoms with Crippen molar-refractivity contribution in [3.8, 4) is 0 Å². The highest BCUT2D eigenvalue weighted by molar-refractivity contribution is 6.03. The topological polar surface area (TPSA) is 40.6 Å². The first-order valence-corrected chi connectivity index (χ1v) is 8.02. The van der Waals surface area contributed by atoms with Crippen LogP contribution in [-0.4, -0.2) is 35.8 Å². The predicted octanol–water partition coefficient (Wildman–Crippen LogP) is 3.15. The minimum Gasteiger partial charge on any atom is -0.325 e. The Bertz CT molecular complexity index is 821. The Morgan fingerprint density at radius 2 is 1.76 bits per heavy atom. The molecule has 1 atom stereocenters. The molecule has 3 rings (SSSR count). The summed E-state index contributed by atoms with van der Waals surface area (Å²) in [7, 11) is 0. The summed E-state index contributed by atoms with van der Waals surface area (Å²) in [6.07, 6.45) is 0. The van der Waals surface area contributed by atoms with E-state index in [0.29, 0.717) is 5.56 Å². The van der Waals surface area contributed by atoms with Gasteiger partial charge in [-0.1, -0.05) is 17.7 Å². The number of piperazine rings is 1. The lowest BCUT2D eigenvalue weighted by atomic mass is 10.1. The third-order valence-electron chi connectivity index (χ3n) is 4.42. The lowest BCUT2D eigenvalue weighted by molar-refractivity contribution is -0.124. The predicted molar refractivity (Wildman–Crippen MR) is 90.4 cm³/mol. The van der Waals surface area contributed by atoms with Crippen molar-refractivity contribution in [3.05, 3.63) is 65.2 Å². The summed E-state index contributed by atoms with van der Waals surface area (Å²) in [4.78, 5) is 28.0. The quantitative estimate of drug-likeness (QED) is 0.840. The summed E-state index contributed by atoms with van der Waals surface area (Å²) in [5.74, 6) is -2.12. The fourth-order valence-electron chi connectivity index (χ4n) is 2.95. The van der Waals surface area contributed by atoms with Crippen LogP contribution in [0.4, 0.5) is 14.5 Å². The molecule has 2 aromatic rings. The molecule has 1 fully saturated rings. The summed E-state index contributed by atoms with van der Waals surface area (Å²) in [5, 5.41) is 0. The van der Waals surface area contributed by atoms with E-state index in [4.69, 9.17) is 0 Å². The van der Waals surface area contributed by atoms with Gasteiger partial charge in [0.25, 0.3) is 5.91 Å². The number of rotatable bonds is 2. The van der Waals surface area contributed by atoms with Crippen molar-refractivity contribution in [1.82, 2.24) is 4.90 Å². The third-order valence-corrected chi connectivity index (χ3v) is 4.42. The number of hydrogen-bond acceptors (Lipinski definition) is 2. The van der Waals surface area contributed by atoms with Gasteiger partial charge in [0.05, 0.1) is 5.69 Å². The van der Waals surface area contributed by atoms with Gasteiger partial charge >= 0.3 is 0 Å². The van der Waals surface area contributed by atoms with E-state index in [9.17, 15) is 18.4 Å². The Hall–Kier alpha value is -2.76. The second-order valence-corrected chi connectivity index (χ2v) is 6.13. The van der Waals surface area contributed by atoms with Crippen molar-refractivity contribution in [3.63, 3.8) is 0 Å². The molecule has 0 bridgehead atoms. The minimum atomic E-state index is -0.793. The van der Waals surface area contributed by atoms with Crippen molar-refractivity contribution >= 4 is 17.5 Å². The molecule has 1 heterocycles. The van der Waals surface area contributed by atoms with Gasteiger partial charge in [-0.25, -0.2) is 8.78 Å². The number of aryl methyl sites for hydroxylation is 1. The molecule has 2 amide bonds. The maximum atomic E-state index is 14.0. The van der Waals surface area contributed by atoms with Crippen molar-refractivity contribution in [2.45, 2.75) is 19.9 Å². The largest absolute Gasteiger partial charge is 0.325 e. The number of amides is 2. The van der Waals surface area contributed by atoms with Gasteiger partial charge in [0.2, 0.25) is 5.91 Å². The fourth-order valence-corrected chi connectivity index (χ4v) is 2.95. The van der Waals surface area contributed by atoms with Crippen LogP contribution < -0.4 is 4.90 Å². The molecule has 1 aliphatic heterocycles. The van der Waals surface area contributed by atoms with Crippen molar-refractivity contribution in [2.75, 3.05) is 18.0 Å². The van der Waals surface area contributed by atoms with Gasteiger partial charge in [0.15, 0.2) is 0 Å². The zero-order chi connectivity index (χ0) is 18.1. The van der Waals surface area contributed by atoms with E-state index in [1.54, 1.807) is 19.1 Å². The standard InChI is InChI=1S/C19H18F2N2O2/c1-12-3-5-14(6-4-12)19(25)22-9-10-23(18(24)13(22)2)17-8-7-15(20)11-16(17)21/h3-8,11,13H,9-10H2,1-2H3. The van der Waals surface area contributed by atoms with Crippen LogP contribution in [0.1, 0.15) is 22.8 Å². The Morgan fingerprint density at radius 1 is 1.08 bits per heavy atom. The van der Waals surface area contributed by atoms with Crippen LogP contribution in [0.5, 0.6) is 0 Å². The van der Waals surface area contributed by atoms with Gasteiger partial charge in [0, 0.05) is 24.7 Å². The number of benzene rings is 2. The molecular weight excluding hydrogens is 326 g/mol. The summed E-state index contributed by atoms with van der Waals surface area (Å²) in [6, 6.07) is 9.49. The zero-order valence-corrected chi connectivity index (χ0v) is 14.0. The van der Waals surface area contributed by atoms with E-state index in [1.165, 1.54) is 15.9 Å². The highest BCUT2D eigenvalue weighted by atomic mass is 19.1. The average molecular weight is 344 g/mol. The van der Waals surface area contributed by atoms with Crippen LogP contribution in [0.25, 0.3) is 0 Å². The normalized spacial score (nSPS) is 17.8. The maximum Gasteiger partial charge on any atom is 0.254 e. The SMILES string of the molecule is Cc1ccc(C(=O)N2CCN(c3ccc(F)cc3F)C(=O)C2C)cc1. The molecule has 0 aliphatic carbocycles. The van der Waals surface area contributed by atoms with Crippen molar-refractivity contribution < 1.29 is 18.4 Å². The van der Waals surface area contributed by atoms with E-state index < -0.39 is 23.6 Å². The van der Waals surface area contributed by atoms with E-state index in [1.807, 2.05) is 19.1 Å².